The first kappa shape index (κ1) is 17.9. The van der Waals surface area contributed by atoms with Crippen LogP contribution in [0.4, 0.5) is 0 Å². The highest BCUT2D eigenvalue weighted by molar-refractivity contribution is 5.93. The summed E-state index contributed by atoms with van der Waals surface area (Å²) in [5, 5.41) is 8.64. The number of carbonyl (C=O) groups is 2. The topological polar surface area (TPSA) is 82.2 Å². The molecular weight excluding hydrogens is 334 g/mol. The van der Waals surface area contributed by atoms with Gasteiger partial charge in [0.05, 0.1) is 25.4 Å². The van der Waals surface area contributed by atoms with Crippen LogP contribution in [-0.2, 0) is 31.3 Å². The van der Waals surface area contributed by atoms with Crippen molar-refractivity contribution >= 4 is 11.9 Å². The average molecular weight is 357 g/mol. The number of carbonyl (C=O) groups excluding carboxylic acids is 2. The van der Waals surface area contributed by atoms with Gasteiger partial charge in [-0.2, -0.15) is 10.2 Å². The fraction of sp³-hybridized carbons (Fsp3) is 0.444. The van der Waals surface area contributed by atoms with E-state index in [0.717, 1.165) is 17.0 Å². The van der Waals surface area contributed by atoms with Gasteiger partial charge in [0, 0.05) is 31.3 Å². The number of fused-ring (bicyclic) bond motifs is 1. The molecule has 1 amide bonds. The SMILES string of the molecule is C=CCn1nc(C(=O)OCC)c2c1CCN(C(=O)c1cc(C)nn1C)C2. The lowest BCUT2D eigenvalue weighted by Gasteiger charge is -2.27. The molecular formula is C18H23N5O3. The molecule has 0 fully saturated rings. The van der Waals surface area contributed by atoms with Gasteiger partial charge in [-0.3, -0.25) is 14.2 Å². The number of hydrogen-bond donors (Lipinski definition) is 0. The van der Waals surface area contributed by atoms with Crippen molar-refractivity contribution in [3.8, 4) is 0 Å². The largest absolute Gasteiger partial charge is 0.461 e. The van der Waals surface area contributed by atoms with Crippen molar-refractivity contribution in [2.24, 2.45) is 7.05 Å². The molecule has 0 atom stereocenters. The summed E-state index contributed by atoms with van der Waals surface area (Å²) < 4.78 is 8.48. The van der Waals surface area contributed by atoms with E-state index in [4.69, 9.17) is 4.74 Å². The van der Waals surface area contributed by atoms with Crippen LogP contribution in [0.15, 0.2) is 18.7 Å². The molecule has 0 N–H and O–H groups in total. The third-order valence-electron chi connectivity index (χ3n) is 4.41. The number of amides is 1. The lowest BCUT2D eigenvalue weighted by atomic mass is 10.0. The molecule has 0 aliphatic carbocycles. The van der Waals surface area contributed by atoms with Crippen LogP contribution in [0.2, 0.25) is 0 Å². The molecule has 3 heterocycles. The molecule has 8 nitrogen and oxygen atoms in total. The Morgan fingerprint density at radius 1 is 1.38 bits per heavy atom. The number of esters is 1. The van der Waals surface area contributed by atoms with Crippen molar-refractivity contribution in [1.82, 2.24) is 24.5 Å². The molecule has 2 aromatic heterocycles. The molecule has 3 rings (SSSR count). The zero-order valence-electron chi connectivity index (χ0n) is 15.4. The number of rotatable bonds is 5. The Kier molecular flexibility index (Phi) is 4.92. The van der Waals surface area contributed by atoms with E-state index in [1.54, 1.807) is 40.4 Å². The quantitative estimate of drug-likeness (QED) is 0.598. The van der Waals surface area contributed by atoms with Crippen molar-refractivity contribution in [2.45, 2.75) is 33.4 Å². The van der Waals surface area contributed by atoms with Crippen LogP contribution in [-0.4, -0.2) is 49.5 Å². The highest BCUT2D eigenvalue weighted by Gasteiger charge is 2.31. The fourth-order valence-corrected chi connectivity index (χ4v) is 3.27. The van der Waals surface area contributed by atoms with Gasteiger partial charge in [0.1, 0.15) is 5.69 Å². The second kappa shape index (κ2) is 7.15. The second-order valence-electron chi connectivity index (χ2n) is 6.24. The predicted molar refractivity (Wildman–Crippen MR) is 94.8 cm³/mol. The summed E-state index contributed by atoms with van der Waals surface area (Å²) in [5.74, 6) is -0.567. The molecule has 138 valence electrons. The number of nitrogens with zero attached hydrogens (tertiary/aromatic N) is 5. The summed E-state index contributed by atoms with van der Waals surface area (Å²) in [5.41, 5.74) is 3.31. The van der Waals surface area contributed by atoms with Gasteiger partial charge < -0.3 is 9.64 Å². The Hall–Kier alpha value is -2.90. The summed E-state index contributed by atoms with van der Waals surface area (Å²) >= 11 is 0. The van der Waals surface area contributed by atoms with E-state index >= 15 is 0 Å². The molecule has 26 heavy (non-hydrogen) atoms. The minimum atomic E-state index is -0.461. The zero-order valence-corrected chi connectivity index (χ0v) is 15.4. The van der Waals surface area contributed by atoms with E-state index in [2.05, 4.69) is 16.8 Å². The van der Waals surface area contributed by atoms with Gasteiger partial charge in [-0.05, 0) is 19.9 Å². The van der Waals surface area contributed by atoms with Crippen molar-refractivity contribution < 1.29 is 14.3 Å². The Morgan fingerprint density at radius 3 is 2.77 bits per heavy atom. The Morgan fingerprint density at radius 2 is 2.15 bits per heavy atom. The third-order valence-corrected chi connectivity index (χ3v) is 4.41. The van der Waals surface area contributed by atoms with Crippen LogP contribution in [0, 0.1) is 6.92 Å². The fourth-order valence-electron chi connectivity index (χ4n) is 3.27. The minimum absolute atomic E-state index is 0.106. The molecule has 0 unspecified atom stereocenters. The lowest BCUT2D eigenvalue weighted by Crippen LogP contribution is -2.37. The van der Waals surface area contributed by atoms with Crippen molar-refractivity contribution in [3.05, 3.63) is 47.1 Å². The van der Waals surface area contributed by atoms with Gasteiger partial charge >= 0.3 is 5.97 Å². The number of hydrogen-bond acceptors (Lipinski definition) is 5. The first-order valence-corrected chi connectivity index (χ1v) is 8.62. The molecule has 2 aromatic rings. The molecule has 0 spiro atoms. The molecule has 1 aliphatic heterocycles. The van der Waals surface area contributed by atoms with Crippen LogP contribution < -0.4 is 0 Å². The average Bonchev–Trinajstić information content (AvgIpc) is 3.14. The van der Waals surface area contributed by atoms with Crippen molar-refractivity contribution in [3.63, 3.8) is 0 Å². The van der Waals surface area contributed by atoms with E-state index in [0.29, 0.717) is 31.7 Å². The van der Waals surface area contributed by atoms with E-state index in [-0.39, 0.29) is 18.2 Å². The Labute approximate surface area is 152 Å². The molecule has 0 bridgehead atoms. The van der Waals surface area contributed by atoms with Crippen LogP contribution in [0.5, 0.6) is 0 Å². The third kappa shape index (κ3) is 3.14. The number of allylic oxidation sites excluding steroid dienone is 1. The second-order valence-corrected chi connectivity index (χ2v) is 6.24. The van der Waals surface area contributed by atoms with Gasteiger partial charge in [0.15, 0.2) is 5.69 Å². The van der Waals surface area contributed by atoms with E-state index in [1.165, 1.54) is 0 Å². The molecule has 0 aromatic carbocycles. The molecule has 0 radical (unpaired) electrons. The normalized spacial score (nSPS) is 13.4. The van der Waals surface area contributed by atoms with E-state index < -0.39 is 5.97 Å². The summed E-state index contributed by atoms with van der Waals surface area (Å²) in [6.07, 6.45) is 2.36. The maximum absolute atomic E-state index is 12.9. The summed E-state index contributed by atoms with van der Waals surface area (Å²) in [4.78, 5) is 26.9. The first-order valence-electron chi connectivity index (χ1n) is 8.62. The number of aryl methyl sites for hydroxylation is 2. The van der Waals surface area contributed by atoms with Crippen molar-refractivity contribution in [1.29, 1.82) is 0 Å². The summed E-state index contributed by atoms with van der Waals surface area (Å²) in [7, 11) is 1.75. The van der Waals surface area contributed by atoms with E-state index in [1.807, 2.05) is 6.92 Å². The summed E-state index contributed by atoms with van der Waals surface area (Å²) in [6, 6.07) is 1.77. The van der Waals surface area contributed by atoms with Gasteiger partial charge in [0.25, 0.3) is 5.91 Å². The van der Waals surface area contributed by atoms with Gasteiger partial charge in [-0.15, -0.1) is 6.58 Å². The summed E-state index contributed by atoms with van der Waals surface area (Å²) in [6.45, 7) is 9.01. The van der Waals surface area contributed by atoms with Crippen molar-refractivity contribution in [2.75, 3.05) is 13.2 Å². The Balaban J connectivity index is 1.93. The first-order chi connectivity index (χ1) is 12.5. The number of ether oxygens (including phenoxy) is 1. The molecule has 1 aliphatic rings. The predicted octanol–water partition coefficient (Wildman–Crippen LogP) is 1.49. The van der Waals surface area contributed by atoms with Gasteiger partial charge in [-0.25, -0.2) is 4.79 Å². The monoisotopic (exact) mass is 357 g/mol. The number of aromatic nitrogens is 4. The van der Waals surface area contributed by atoms with Crippen LogP contribution in [0.1, 0.15) is 44.9 Å². The van der Waals surface area contributed by atoms with Crippen LogP contribution in [0.3, 0.4) is 0 Å². The minimum Gasteiger partial charge on any atom is -0.461 e. The zero-order chi connectivity index (χ0) is 18.8. The Bertz CT molecular complexity index is 865. The molecule has 8 heteroatoms. The molecule has 0 saturated heterocycles. The van der Waals surface area contributed by atoms with E-state index in [9.17, 15) is 9.59 Å². The highest BCUT2D eigenvalue weighted by atomic mass is 16.5. The van der Waals surface area contributed by atoms with Crippen LogP contribution in [0.25, 0.3) is 0 Å². The standard InChI is InChI=1S/C18H23N5O3/c1-5-8-23-14-7-9-22(17(24)15-10-12(3)19-21(15)4)11-13(14)16(20-23)18(25)26-6-2/h5,10H,1,6-9,11H2,2-4H3. The maximum Gasteiger partial charge on any atom is 0.359 e. The lowest BCUT2D eigenvalue weighted by molar-refractivity contribution is 0.0513. The van der Waals surface area contributed by atoms with Gasteiger partial charge in [-0.1, -0.05) is 6.08 Å². The highest BCUT2D eigenvalue weighted by Crippen LogP contribution is 2.25. The van der Waals surface area contributed by atoms with Gasteiger partial charge in [0.2, 0.25) is 0 Å². The molecule has 0 saturated carbocycles. The smallest absolute Gasteiger partial charge is 0.359 e. The maximum atomic E-state index is 12.9. The van der Waals surface area contributed by atoms with Crippen LogP contribution >= 0.6 is 0 Å².